The zero-order chi connectivity index (χ0) is 13.3. The van der Waals surface area contributed by atoms with Crippen molar-refractivity contribution in [2.75, 3.05) is 0 Å². The molecule has 0 unspecified atom stereocenters. The summed E-state index contributed by atoms with van der Waals surface area (Å²) in [7, 11) is -4.42. The molecule has 0 heterocycles. The van der Waals surface area contributed by atoms with Crippen molar-refractivity contribution in [2.45, 2.75) is 31.6 Å². The number of rotatable bonds is 3. The fraction of sp³-hybridized carbons (Fsp3) is 0.286. The maximum Gasteiger partial charge on any atom is 1.00 e. The van der Waals surface area contributed by atoms with Crippen molar-refractivity contribution in [2.24, 2.45) is 0 Å². The predicted octanol–water partition coefficient (Wildman–Crippen LogP) is -0.127. The molecule has 0 bridgehead atoms. The molecule has 2 rings (SSSR count). The van der Waals surface area contributed by atoms with Gasteiger partial charge in [-0.05, 0) is 40.8 Å². The van der Waals surface area contributed by atoms with E-state index in [1.807, 2.05) is 38.1 Å². The molecule has 5 heteroatoms. The van der Waals surface area contributed by atoms with E-state index in [-0.39, 0.29) is 56.3 Å². The van der Waals surface area contributed by atoms with Gasteiger partial charge in [-0.1, -0.05) is 38.1 Å². The van der Waals surface area contributed by atoms with Crippen LogP contribution in [-0.4, -0.2) is 13.0 Å². The Morgan fingerprint density at radius 3 is 2.16 bits per heavy atom. The molecule has 3 nitrogen and oxygen atoms in total. The molecular formula is C14H15KO3S. The van der Waals surface area contributed by atoms with Crippen molar-refractivity contribution in [1.82, 2.24) is 0 Å². The molecule has 0 amide bonds. The largest absolute Gasteiger partial charge is 1.00 e. The summed E-state index contributed by atoms with van der Waals surface area (Å²) in [5.74, 6) is 0. The molecule has 0 aliphatic heterocycles. The Morgan fingerprint density at radius 1 is 1.05 bits per heavy atom. The zero-order valence-electron chi connectivity index (χ0n) is 11.4. The maximum atomic E-state index is 11.4. The first kappa shape index (κ1) is 17.3. The van der Waals surface area contributed by atoms with Gasteiger partial charge in [0.05, 0.1) is 4.90 Å². The summed E-state index contributed by atoms with van der Waals surface area (Å²) in [5.41, 5.74) is 1.62. The van der Waals surface area contributed by atoms with Crippen LogP contribution in [0.15, 0.2) is 35.2 Å². The SMILES string of the molecule is CCc1c(S(=O)(=O)[O-])cc2ccccc2c1CC.[K+]. The van der Waals surface area contributed by atoms with Crippen LogP contribution in [0, 0.1) is 0 Å². The van der Waals surface area contributed by atoms with E-state index in [0.717, 1.165) is 16.3 Å². The molecule has 0 aliphatic rings. The van der Waals surface area contributed by atoms with Gasteiger partial charge in [0, 0.05) is 0 Å². The molecule has 0 saturated heterocycles. The van der Waals surface area contributed by atoms with Gasteiger partial charge in [-0.3, -0.25) is 0 Å². The van der Waals surface area contributed by atoms with Gasteiger partial charge in [0.25, 0.3) is 0 Å². The quantitative estimate of drug-likeness (QED) is 0.586. The molecule has 2 aromatic carbocycles. The van der Waals surface area contributed by atoms with Crippen molar-refractivity contribution in [3.8, 4) is 0 Å². The van der Waals surface area contributed by atoms with Crippen LogP contribution in [-0.2, 0) is 23.0 Å². The molecule has 0 N–H and O–H groups in total. The minimum atomic E-state index is -4.42. The molecule has 0 aromatic heterocycles. The third kappa shape index (κ3) is 3.47. The number of aryl methyl sites for hydroxylation is 1. The van der Waals surface area contributed by atoms with Crippen LogP contribution < -0.4 is 51.4 Å². The van der Waals surface area contributed by atoms with Gasteiger partial charge in [0.15, 0.2) is 0 Å². The van der Waals surface area contributed by atoms with Crippen molar-refractivity contribution >= 4 is 20.9 Å². The Morgan fingerprint density at radius 2 is 1.63 bits per heavy atom. The Bertz CT molecular complexity index is 693. The summed E-state index contributed by atoms with van der Waals surface area (Å²) in [6.07, 6.45) is 1.26. The van der Waals surface area contributed by atoms with Crippen LogP contribution in [0.25, 0.3) is 10.8 Å². The number of hydrogen-bond donors (Lipinski definition) is 0. The van der Waals surface area contributed by atoms with Crippen LogP contribution in [0.1, 0.15) is 25.0 Å². The summed E-state index contributed by atoms with van der Waals surface area (Å²) in [4.78, 5) is -0.0689. The van der Waals surface area contributed by atoms with Crippen LogP contribution in [0.4, 0.5) is 0 Å². The molecule has 0 atom stereocenters. The molecule has 0 saturated carbocycles. The molecule has 19 heavy (non-hydrogen) atoms. The average molecular weight is 302 g/mol. The van der Waals surface area contributed by atoms with Gasteiger partial charge in [0.1, 0.15) is 10.1 Å². The molecule has 2 aromatic rings. The molecular weight excluding hydrogens is 287 g/mol. The number of benzene rings is 2. The van der Waals surface area contributed by atoms with Crippen LogP contribution in [0.5, 0.6) is 0 Å². The van der Waals surface area contributed by atoms with E-state index in [4.69, 9.17) is 0 Å². The molecule has 0 fully saturated rings. The van der Waals surface area contributed by atoms with Crippen LogP contribution in [0.3, 0.4) is 0 Å². The maximum absolute atomic E-state index is 11.4. The van der Waals surface area contributed by atoms with Crippen LogP contribution >= 0.6 is 0 Å². The zero-order valence-corrected chi connectivity index (χ0v) is 15.4. The smallest absolute Gasteiger partial charge is 0.744 e. The molecule has 0 radical (unpaired) electrons. The minimum absolute atomic E-state index is 0. The second kappa shape index (κ2) is 6.80. The van der Waals surface area contributed by atoms with E-state index in [1.165, 1.54) is 6.07 Å². The van der Waals surface area contributed by atoms with E-state index in [1.54, 1.807) is 0 Å². The normalized spacial score (nSPS) is 11.3. The third-order valence-electron chi connectivity index (χ3n) is 3.21. The Hall–Kier alpha value is 0.246. The topological polar surface area (TPSA) is 57.2 Å². The predicted molar refractivity (Wildman–Crippen MR) is 70.7 cm³/mol. The summed E-state index contributed by atoms with van der Waals surface area (Å²) < 4.78 is 34.1. The fourth-order valence-corrected chi connectivity index (χ4v) is 3.29. The van der Waals surface area contributed by atoms with Crippen molar-refractivity contribution in [3.05, 3.63) is 41.5 Å². The second-order valence-corrected chi connectivity index (χ2v) is 5.56. The number of hydrogen-bond acceptors (Lipinski definition) is 3. The Kier molecular flexibility index (Phi) is 6.19. The summed E-state index contributed by atoms with van der Waals surface area (Å²) in [6, 6.07) is 9.06. The fourth-order valence-electron chi connectivity index (χ4n) is 2.45. The van der Waals surface area contributed by atoms with E-state index in [0.29, 0.717) is 18.4 Å². The van der Waals surface area contributed by atoms with Gasteiger partial charge < -0.3 is 4.55 Å². The Labute approximate surface area is 156 Å². The van der Waals surface area contributed by atoms with E-state index in [2.05, 4.69) is 0 Å². The summed E-state index contributed by atoms with van der Waals surface area (Å²) in [6.45, 7) is 3.85. The molecule has 96 valence electrons. The van der Waals surface area contributed by atoms with Gasteiger partial charge in [0.2, 0.25) is 0 Å². The average Bonchev–Trinajstić information content (AvgIpc) is 2.35. The van der Waals surface area contributed by atoms with E-state index < -0.39 is 10.1 Å². The van der Waals surface area contributed by atoms with Crippen molar-refractivity contribution < 1.29 is 64.4 Å². The molecule has 0 aliphatic carbocycles. The van der Waals surface area contributed by atoms with Crippen molar-refractivity contribution in [3.63, 3.8) is 0 Å². The second-order valence-electron chi connectivity index (χ2n) is 4.21. The van der Waals surface area contributed by atoms with Gasteiger partial charge in [-0.25, -0.2) is 8.42 Å². The third-order valence-corrected chi connectivity index (χ3v) is 4.11. The summed E-state index contributed by atoms with van der Waals surface area (Å²) in [5, 5.41) is 1.84. The number of fused-ring (bicyclic) bond motifs is 1. The van der Waals surface area contributed by atoms with Gasteiger partial charge in [-0.2, -0.15) is 0 Å². The minimum Gasteiger partial charge on any atom is -0.744 e. The van der Waals surface area contributed by atoms with E-state index >= 15 is 0 Å². The first-order valence-electron chi connectivity index (χ1n) is 5.98. The molecule has 0 spiro atoms. The Balaban J connectivity index is 0.00000180. The summed E-state index contributed by atoms with van der Waals surface area (Å²) >= 11 is 0. The van der Waals surface area contributed by atoms with Crippen LogP contribution in [0.2, 0.25) is 0 Å². The monoisotopic (exact) mass is 302 g/mol. The van der Waals surface area contributed by atoms with Crippen molar-refractivity contribution in [1.29, 1.82) is 0 Å². The standard InChI is InChI=1S/C14H16O3S.K/c1-3-11-12(4-2)14(18(15,16)17)9-10-7-5-6-8-13(10)11;/h5-9H,3-4H2,1-2H3,(H,15,16,17);/q;+1/p-1. The van der Waals surface area contributed by atoms with Gasteiger partial charge >= 0.3 is 51.4 Å². The first-order valence-corrected chi connectivity index (χ1v) is 7.39. The van der Waals surface area contributed by atoms with Gasteiger partial charge in [-0.15, -0.1) is 0 Å². The van der Waals surface area contributed by atoms with E-state index in [9.17, 15) is 13.0 Å². The first-order chi connectivity index (χ1) is 8.49.